The minimum absolute atomic E-state index is 1.06. The minimum atomic E-state index is -6.39. The Bertz CT molecular complexity index is 412. The summed E-state index contributed by atoms with van der Waals surface area (Å²) in [6, 6.07) is 0. The fraction of sp³-hybridized carbons (Fsp3) is 0.857. The Kier molecular flexibility index (Phi) is 4.69. The molecular formula is C7H9F5O5S. The number of esters is 1. The van der Waals surface area contributed by atoms with Crippen molar-refractivity contribution < 1.29 is 44.5 Å². The molecule has 0 spiro atoms. The van der Waals surface area contributed by atoms with Crippen LogP contribution >= 0.6 is 0 Å². The van der Waals surface area contributed by atoms with E-state index in [9.17, 15) is 35.2 Å². The van der Waals surface area contributed by atoms with Crippen molar-refractivity contribution in [2.45, 2.75) is 31.4 Å². The van der Waals surface area contributed by atoms with Gasteiger partial charge in [0.25, 0.3) is 6.10 Å². The van der Waals surface area contributed by atoms with E-state index in [1.54, 1.807) is 0 Å². The van der Waals surface area contributed by atoms with Crippen molar-refractivity contribution in [3.05, 3.63) is 0 Å². The lowest BCUT2D eigenvalue weighted by atomic mass is 10.2. The summed E-state index contributed by atoms with van der Waals surface area (Å²) in [5.41, 5.74) is 0. The zero-order valence-electron chi connectivity index (χ0n) is 9.03. The van der Waals surface area contributed by atoms with Gasteiger partial charge >= 0.3 is 27.5 Å². The van der Waals surface area contributed by atoms with Gasteiger partial charge in [0.15, 0.2) is 0 Å². The highest BCUT2D eigenvalue weighted by Gasteiger charge is 2.66. The molecule has 0 rings (SSSR count). The number of hydrogen-bond donors (Lipinski definition) is 1. The summed E-state index contributed by atoms with van der Waals surface area (Å²) < 4.78 is 94.4. The van der Waals surface area contributed by atoms with Crippen LogP contribution < -0.4 is 0 Å². The molecule has 0 saturated heterocycles. The quantitative estimate of drug-likeness (QED) is 0.484. The average molecular weight is 300 g/mol. The maximum absolute atomic E-state index is 12.9. The van der Waals surface area contributed by atoms with Crippen LogP contribution in [-0.2, 0) is 19.6 Å². The number of carbonyl (C=O) groups is 1. The van der Waals surface area contributed by atoms with Crippen LogP contribution in [0.5, 0.6) is 0 Å². The van der Waals surface area contributed by atoms with E-state index in [0.717, 1.165) is 13.8 Å². The Morgan fingerprint density at radius 1 is 1.17 bits per heavy atom. The van der Waals surface area contributed by atoms with Crippen LogP contribution in [0.3, 0.4) is 0 Å². The van der Waals surface area contributed by atoms with Crippen molar-refractivity contribution >= 4 is 16.1 Å². The summed E-state index contributed by atoms with van der Waals surface area (Å²) in [4.78, 5) is 10.8. The maximum Gasteiger partial charge on any atom is 0.432 e. The van der Waals surface area contributed by atoms with Crippen LogP contribution in [0.15, 0.2) is 0 Å². The molecule has 0 aliphatic carbocycles. The topological polar surface area (TPSA) is 80.7 Å². The Balaban J connectivity index is 5.48. The summed E-state index contributed by atoms with van der Waals surface area (Å²) in [5.74, 6) is -2.87. The third-order valence-corrected chi connectivity index (χ3v) is 2.55. The average Bonchev–Trinajstić information content (AvgIpc) is 2.09. The van der Waals surface area contributed by atoms with Crippen molar-refractivity contribution in [2.24, 2.45) is 5.92 Å². The van der Waals surface area contributed by atoms with Crippen LogP contribution in [0.25, 0.3) is 0 Å². The van der Waals surface area contributed by atoms with Crippen molar-refractivity contribution in [1.82, 2.24) is 0 Å². The molecule has 0 amide bonds. The van der Waals surface area contributed by atoms with Gasteiger partial charge in [0.2, 0.25) is 0 Å². The molecule has 0 saturated carbocycles. The van der Waals surface area contributed by atoms with E-state index in [0.29, 0.717) is 0 Å². The van der Waals surface area contributed by atoms with Gasteiger partial charge in [-0.3, -0.25) is 9.35 Å². The smallest absolute Gasteiger partial charge is 0.432 e. The number of alkyl halides is 5. The van der Waals surface area contributed by atoms with Crippen molar-refractivity contribution in [3.63, 3.8) is 0 Å². The van der Waals surface area contributed by atoms with E-state index in [1.807, 2.05) is 0 Å². The minimum Gasteiger partial charge on any atom is -0.445 e. The molecule has 1 N–H and O–H groups in total. The molecule has 0 aliphatic rings. The number of rotatable bonds is 4. The first-order valence-corrected chi connectivity index (χ1v) is 5.77. The summed E-state index contributed by atoms with van der Waals surface area (Å²) >= 11 is 0. The fourth-order valence-corrected chi connectivity index (χ4v) is 1.17. The van der Waals surface area contributed by atoms with Gasteiger partial charge < -0.3 is 4.74 Å². The van der Waals surface area contributed by atoms with Gasteiger partial charge in [-0.25, -0.2) is 0 Å². The predicted molar refractivity (Wildman–Crippen MR) is 47.3 cm³/mol. The molecule has 0 bridgehead atoms. The molecule has 0 heterocycles. The van der Waals surface area contributed by atoms with Gasteiger partial charge in [0.05, 0.1) is 5.92 Å². The molecule has 18 heavy (non-hydrogen) atoms. The van der Waals surface area contributed by atoms with Gasteiger partial charge in [0.1, 0.15) is 0 Å². The second-order valence-corrected chi connectivity index (χ2v) is 5.04. The third kappa shape index (κ3) is 3.77. The SMILES string of the molecule is CC(C)C(=O)OC(C(F)(F)F)C(F)(F)S(=O)(=O)O. The molecule has 1 atom stereocenters. The normalized spacial score (nSPS) is 15.6. The Hall–Kier alpha value is -0.970. The molecule has 0 fully saturated rings. The Morgan fingerprint density at radius 2 is 1.56 bits per heavy atom. The highest BCUT2D eigenvalue weighted by molar-refractivity contribution is 7.86. The van der Waals surface area contributed by atoms with E-state index in [4.69, 9.17) is 4.55 Å². The first kappa shape index (κ1) is 17.0. The highest BCUT2D eigenvalue weighted by Crippen LogP contribution is 2.38. The Labute approximate surface area is 98.7 Å². The van der Waals surface area contributed by atoms with E-state index in [-0.39, 0.29) is 0 Å². The summed E-state index contributed by atoms with van der Waals surface area (Å²) in [6.07, 6.45) is -10.1. The molecule has 0 aromatic rings. The van der Waals surface area contributed by atoms with Gasteiger partial charge in [0, 0.05) is 0 Å². The number of ether oxygens (including phenoxy) is 1. The molecule has 108 valence electrons. The predicted octanol–water partition coefficient (Wildman–Crippen LogP) is 1.60. The van der Waals surface area contributed by atoms with Gasteiger partial charge in [-0.2, -0.15) is 30.4 Å². The van der Waals surface area contributed by atoms with E-state index >= 15 is 0 Å². The molecule has 0 aliphatic heterocycles. The third-order valence-electron chi connectivity index (χ3n) is 1.65. The van der Waals surface area contributed by atoms with Crippen LogP contribution in [-0.4, -0.2) is 36.5 Å². The lowest BCUT2D eigenvalue weighted by Crippen LogP contribution is -2.52. The van der Waals surface area contributed by atoms with Crippen LogP contribution in [0.2, 0.25) is 0 Å². The first-order chi connectivity index (χ1) is 7.71. The van der Waals surface area contributed by atoms with Crippen molar-refractivity contribution in [1.29, 1.82) is 0 Å². The summed E-state index contributed by atoms with van der Waals surface area (Å²) in [6.45, 7) is 2.11. The second-order valence-electron chi connectivity index (χ2n) is 3.55. The Morgan fingerprint density at radius 3 is 1.78 bits per heavy atom. The molecular weight excluding hydrogens is 291 g/mol. The number of halogens is 5. The van der Waals surface area contributed by atoms with Crippen LogP contribution in [0.1, 0.15) is 13.8 Å². The molecule has 0 radical (unpaired) electrons. The van der Waals surface area contributed by atoms with Crippen LogP contribution in [0.4, 0.5) is 22.0 Å². The van der Waals surface area contributed by atoms with Crippen molar-refractivity contribution in [3.8, 4) is 0 Å². The maximum atomic E-state index is 12.9. The molecule has 5 nitrogen and oxygen atoms in total. The molecule has 0 aromatic carbocycles. The van der Waals surface area contributed by atoms with Gasteiger partial charge in [-0.15, -0.1) is 0 Å². The lowest BCUT2D eigenvalue weighted by Gasteiger charge is -2.26. The fourth-order valence-electron chi connectivity index (χ4n) is 0.713. The monoisotopic (exact) mass is 300 g/mol. The first-order valence-electron chi connectivity index (χ1n) is 4.33. The summed E-state index contributed by atoms with van der Waals surface area (Å²) in [5, 5.41) is -5.68. The second kappa shape index (κ2) is 4.96. The largest absolute Gasteiger partial charge is 0.445 e. The highest BCUT2D eigenvalue weighted by atomic mass is 32.2. The number of hydrogen-bond acceptors (Lipinski definition) is 4. The van der Waals surface area contributed by atoms with Crippen LogP contribution in [0, 0.1) is 5.92 Å². The van der Waals surface area contributed by atoms with E-state index in [1.165, 1.54) is 0 Å². The zero-order valence-corrected chi connectivity index (χ0v) is 9.85. The summed E-state index contributed by atoms with van der Waals surface area (Å²) in [7, 11) is -6.39. The van der Waals surface area contributed by atoms with E-state index in [2.05, 4.69) is 4.74 Å². The van der Waals surface area contributed by atoms with Crippen molar-refractivity contribution in [2.75, 3.05) is 0 Å². The standard InChI is InChI=1S/C7H9F5O5S/c1-3(2)4(13)17-5(6(8,9)10)7(11,12)18(14,15)16/h3,5H,1-2H3,(H,14,15,16). The van der Waals surface area contributed by atoms with Gasteiger partial charge in [-0.1, -0.05) is 13.8 Å². The van der Waals surface area contributed by atoms with E-state index < -0.39 is 39.5 Å². The molecule has 1 unspecified atom stereocenters. The van der Waals surface area contributed by atoms with Gasteiger partial charge in [-0.05, 0) is 0 Å². The molecule has 0 aromatic heterocycles. The lowest BCUT2D eigenvalue weighted by molar-refractivity contribution is -0.260. The zero-order chi connectivity index (χ0) is 14.9. The molecule has 11 heteroatoms. The number of carbonyl (C=O) groups excluding carboxylic acids is 1.